The van der Waals surface area contributed by atoms with Crippen LogP contribution in [0.25, 0.3) is 17.1 Å². The molecular weight excluding hydrogens is 320 g/mol. The lowest BCUT2D eigenvalue weighted by atomic mass is 10.2. The highest BCUT2D eigenvalue weighted by atomic mass is 32.2. The van der Waals surface area contributed by atoms with Crippen molar-refractivity contribution in [1.29, 1.82) is 0 Å². The van der Waals surface area contributed by atoms with Crippen LogP contribution in [0.3, 0.4) is 0 Å². The minimum absolute atomic E-state index is 0.113. The van der Waals surface area contributed by atoms with Gasteiger partial charge in [-0.2, -0.15) is 14.8 Å². The van der Waals surface area contributed by atoms with Crippen LogP contribution in [0.4, 0.5) is 0 Å². The van der Waals surface area contributed by atoms with Gasteiger partial charge in [0.25, 0.3) is 5.56 Å². The van der Waals surface area contributed by atoms with E-state index in [4.69, 9.17) is 4.52 Å². The molecule has 2 aromatic heterocycles. The predicted octanol–water partition coefficient (Wildman–Crippen LogP) is 0.994. The molecule has 3 rings (SSSR count). The van der Waals surface area contributed by atoms with Crippen LogP contribution in [-0.2, 0) is 9.84 Å². The van der Waals surface area contributed by atoms with E-state index in [1.165, 1.54) is 0 Å². The SMILES string of the molecule is Cc1nc(-c2ccc(-n3ncc(S(C)(=O)=O)cc3=O)cc2)no1. The minimum Gasteiger partial charge on any atom is -0.339 e. The molecular formula is C14H12N4O4S. The molecule has 0 bridgehead atoms. The fourth-order valence-corrected chi connectivity index (χ4v) is 2.51. The molecule has 23 heavy (non-hydrogen) atoms. The second-order valence-corrected chi connectivity index (χ2v) is 6.91. The Labute approximate surface area is 131 Å². The van der Waals surface area contributed by atoms with Crippen molar-refractivity contribution in [3.05, 3.63) is 52.8 Å². The normalized spacial score (nSPS) is 11.6. The zero-order valence-electron chi connectivity index (χ0n) is 12.3. The van der Waals surface area contributed by atoms with E-state index in [1.54, 1.807) is 31.2 Å². The lowest BCUT2D eigenvalue weighted by Gasteiger charge is -2.05. The molecule has 0 saturated heterocycles. The zero-order chi connectivity index (χ0) is 16.6. The molecule has 8 nitrogen and oxygen atoms in total. The maximum atomic E-state index is 12.0. The molecule has 0 aliphatic carbocycles. The molecule has 0 spiro atoms. The summed E-state index contributed by atoms with van der Waals surface area (Å²) in [6.45, 7) is 1.69. The van der Waals surface area contributed by atoms with Gasteiger partial charge in [0.1, 0.15) is 0 Å². The van der Waals surface area contributed by atoms with E-state index in [-0.39, 0.29) is 4.90 Å². The Balaban J connectivity index is 1.98. The largest absolute Gasteiger partial charge is 0.339 e. The first kappa shape index (κ1) is 15.1. The molecule has 0 unspecified atom stereocenters. The molecule has 3 aromatic rings. The summed E-state index contributed by atoms with van der Waals surface area (Å²) in [7, 11) is -3.47. The van der Waals surface area contributed by atoms with Crippen molar-refractivity contribution in [3.63, 3.8) is 0 Å². The zero-order valence-corrected chi connectivity index (χ0v) is 13.1. The number of sulfone groups is 1. The molecule has 0 amide bonds. The fraction of sp³-hybridized carbons (Fsp3) is 0.143. The molecule has 0 radical (unpaired) electrons. The molecule has 118 valence electrons. The van der Waals surface area contributed by atoms with Crippen molar-refractivity contribution in [3.8, 4) is 17.1 Å². The van der Waals surface area contributed by atoms with Crippen molar-refractivity contribution in [2.24, 2.45) is 0 Å². The summed E-state index contributed by atoms with van der Waals surface area (Å²) in [5.74, 6) is 0.903. The first-order valence-corrected chi connectivity index (χ1v) is 8.44. The maximum Gasteiger partial charge on any atom is 0.272 e. The van der Waals surface area contributed by atoms with E-state index < -0.39 is 15.4 Å². The summed E-state index contributed by atoms with van der Waals surface area (Å²) >= 11 is 0. The smallest absolute Gasteiger partial charge is 0.272 e. The summed E-state index contributed by atoms with van der Waals surface area (Å²) in [6, 6.07) is 7.81. The molecule has 0 saturated carbocycles. The first-order valence-electron chi connectivity index (χ1n) is 6.55. The summed E-state index contributed by atoms with van der Waals surface area (Å²) in [4.78, 5) is 16.0. The number of hydrogen-bond donors (Lipinski definition) is 0. The van der Waals surface area contributed by atoms with Gasteiger partial charge in [-0.1, -0.05) is 5.16 Å². The predicted molar refractivity (Wildman–Crippen MR) is 81.0 cm³/mol. The highest BCUT2D eigenvalue weighted by molar-refractivity contribution is 7.90. The molecule has 2 heterocycles. The van der Waals surface area contributed by atoms with Gasteiger partial charge in [-0.15, -0.1) is 0 Å². The number of nitrogens with zero attached hydrogens (tertiary/aromatic N) is 4. The van der Waals surface area contributed by atoms with Crippen LogP contribution in [0.15, 0.2) is 50.7 Å². The van der Waals surface area contributed by atoms with E-state index in [0.717, 1.165) is 28.8 Å². The lowest BCUT2D eigenvalue weighted by molar-refractivity contribution is 0.394. The van der Waals surface area contributed by atoms with Crippen LogP contribution < -0.4 is 5.56 Å². The van der Waals surface area contributed by atoms with E-state index in [2.05, 4.69) is 15.2 Å². The van der Waals surface area contributed by atoms with Gasteiger partial charge in [-0.25, -0.2) is 8.42 Å². The molecule has 0 aliphatic heterocycles. The van der Waals surface area contributed by atoms with Crippen LogP contribution in [0, 0.1) is 6.92 Å². The second-order valence-electron chi connectivity index (χ2n) is 4.90. The summed E-state index contributed by atoms with van der Waals surface area (Å²) in [5.41, 5.74) is 0.696. The topological polar surface area (TPSA) is 108 Å². The Bertz CT molecular complexity index is 1020. The van der Waals surface area contributed by atoms with Crippen molar-refractivity contribution in [2.45, 2.75) is 11.8 Å². The number of rotatable bonds is 3. The quantitative estimate of drug-likeness (QED) is 0.704. The van der Waals surface area contributed by atoms with E-state index >= 15 is 0 Å². The van der Waals surface area contributed by atoms with Crippen LogP contribution >= 0.6 is 0 Å². The van der Waals surface area contributed by atoms with Gasteiger partial charge in [0, 0.05) is 24.8 Å². The van der Waals surface area contributed by atoms with Gasteiger partial charge in [-0.05, 0) is 24.3 Å². The first-order chi connectivity index (χ1) is 10.8. The highest BCUT2D eigenvalue weighted by Gasteiger charge is 2.11. The van der Waals surface area contributed by atoms with Gasteiger partial charge in [0.15, 0.2) is 9.84 Å². The standard InChI is InChI=1S/C14H12N4O4S/c1-9-16-14(17-22-9)10-3-5-11(6-4-10)18-13(19)7-12(8-15-18)23(2,20)21/h3-8H,1-2H3. The average Bonchev–Trinajstić information content (AvgIpc) is 2.93. The molecule has 0 atom stereocenters. The number of hydrogen-bond acceptors (Lipinski definition) is 7. The van der Waals surface area contributed by atoms with Crippen LogP contribution in [0.1, 0.15) is 5.89 Å². The fourth-order valence-electron chi connectivity index (χ4n) is 1.96. The third-order valence-corrected chi connectivity index (χ3v) is 4.18. The second kappa shape index (κ2) is 5.43. The van der Waals surface area contributed by atoms with Gasteiger partial charge < -0.3 is 4.52 Å². The van der Waals surface area contributed by atoms with Gasteiger partial charge in [0.2, 0.25) is 11.7 Å². The average molecular weight is 332 g/mol. The number of aryl methyl sites for hydroxylation is 1. The third-order valence-electron chi connectivity index (χ3n) is 3.10. The van der Waals surface area contributed by atoms with Crippen molar-refractivity contribution in [2.75, 3.05) is 6.26 Å². The molecule has 0 fully saturated rings. The van der Waals surface area contributed by atoms with Gasteiger partial charge in [-0.3, -0.25) is 4.79 Å². The maximum absolute atomic E-state index is 12.0. The Morgan fingerprint density at radius 1 is 1.17 bits per heavy atom. The summed E-state index contributed by atoms with van der Waals surface area (Å²) in [5, 5.41) is 7.70. The molecule has 9 heteroatoms. The lowest BCUT2D eigenvalue weighted by Crippen LogP contribution is -2.21. The Kier molecular flexibility index (Phi) is 3.57. The van der Waals surface area contributed by atoms with Crippen molar-refractivity contribution in [1.82, 2.24) is 19.9 Å². The van der Waals surface area contributed by atoms with Crippen LogP contribution in [0.5, 0.6) is 0 Å². The molecule has 0 aliphatic rings. The number of aromatic nitrogens is 4. The van der Waals surface area contributed by atoms with Crippen LogP contribution in [-0.4, -0.2) is 34.6 Å². The summed E-state index contributed by atoms with van der Waals surface area (Å²) < 4.78 is 28.9. The Morgan fingerprint density at radius 3 is 2.39 bits per heavy atom. The van der Waals surface area contributed by atoms with Crippen molar-refractivity contribution < 1.29 is 12.9 Å². The summed E-state index contributed by atoms with van der Waals surface area (Å²) in [6.07, 6.45) is 2.17. The van der Waals surface area contributed by atoms with E-state index in [9.17, 15) is 13.2 Å². The molecule has 1 aromatic carbocycles. The third kappa shape index (κ3) is 3.04. The van der Waals surface area contributed by atoms with Gasteiger partial charge >= 0.3 is 0 Å². The monoisotopic (exact) mass is 332 g/mol. The van der Waals surface area contributed by atoms with E-state index in [0.29, 0.717) is 17.4 Å². The molecule has 0 N–H and O–H groups in total. The Hall–Kier alpha value is -2.81. The van der Waals surface area contributed by atoms with Crippen molar-refractivity contribution >= 4 is 9.84 Å². The minimum atomic E-state index is -3.47. The van der Waals surface area contributed by atoms with Gasteiger partial charge in [0.05, 0.1) is 16.8 Å². The highest BCUT2D eigenvalue weighted by Crippen LogP contribution is 2.17. The number of benzene rings is 1. The Morgan fingerprint density at radius 2 is 1.87 bits per heavy atom. The van der Waals surface area contributed by atoms with E-state index in [1.807, 2.05) is 0 Å². The van der Waals surface area contributed by atoms with Crippen LogP contribution in [0.2, 0.25) is 0 Å².